The highest BCUT2D eigenvalue weighted by molar-refractivity contribution is 5.96. The molecule has 2 N–H and O–H groups in total. The predicted octanol–water partition coefficient (Wildman–Crippen LogP) is 1.99. The van der Waals surface area contributed by atoms with E-state index in [9.17, 15) is 9.59 Å². The lowest BCUT2D eigenvalue weighted by molar-refractivity contribution is -0.000642. The SMILES string of the molecule is O=C(NC1CC2(CCC2)C1)c1cc2cccnc2[nH]c1=O. The Morgan fingerprint density at radius 3 is 2.90 bits per heavy atom. The molecule has 2 saturated carbocycles. The average molecular weight is 283 g/mol. The molecule has 0 saturated heterocycles. The molecule has 5 heteroatoms. The van der Waals surface area contributed by atoms with Gasteiger partial charge in [-0.2, -0.15) is 0 Å². The van der Waals surface area contributed by atoms with Gasteiger partial charge in [-0.05, 0) is 49.3 Å². The summed E-state index contributed by atoms with van der Waals surface area (Å²) in [4.78, 5) is 31.0. The molecule has 2 fully saturated rings. The lowest BCUT2D eigenvalue weighted by Crippen LogP contribution is -2.54. The van der Waals surface area contributed by atoms with Crippen molar-refractivity contribution in [2.24, 2.45) is 5.41 Å². The smallest absolute Gasteiger partial charge is 0.262 e. The van der Waals surface area contributed by atoms with E-state index in [1.54, 1.807) is 18.3 Å². The molecule has 0 bridgehead atoms. The second kappa shape index (κ2) is 4.41. The van der Waals surface area contributed by atoms with Crippen LogP contribution in [-0.4, -0.2) is 21.9 Å². The van der Waals surface area contributed by atoms with Crippen molar-refractivity contribution in [1.29, 1.82) is 0 Å². The monoisotopic (exact) mass is 283 g/mol. The maximum atomic E-state index is 12.3. The Labute approximate surface area is 121 Å². The second-order valence-electron chi connectivity index (χ2n) is 6.39. The Balaban J connectivity index is 1.54. The van der Waals surface area contributed by atoms with E-state index in [1.165, 1.54) is 19.3 Å². The zero-order valence-electron chi connectivity index (χ0n) is 11.7. The summed E-state index contributed by atoms with van der Waals surface area (Å²) in [7, 11) is 0. The molecule has 1 amide bonds. The molecule has 2 heterocycles. The maximum Gasteiger partial charge on any atom is 0.262 e. The number of nitrogens with one attached hydrogen (secondary N) is 2. The molecule has 0 aliphatic heterocycles. The molecule has 2 aliphatic rings. The number of carbonyl (C=O) groups excluding carboxylic acids is 1. The number of pyridine rings is 2. The molecular formula is C16H17N3O2. The van der Waals surface area contributed by atoms with Crippen LogP contribution in [0.3, 0.4) is 0 Å². The summed E-state index contributed by atoms with van der Waals surface area (Å²) in [5.41, 5.74) is 0.815. The van der Waals surface area contributed by atoms with Crippen molar-refractivity contribution in [3.8, 4) is 0 Å². The molecule has 108 valence electrons. The largest absolute Gasteiger partial charge is 0.349 e. The van der Waals surface area contributed by atoms with Crippen molar-refractivity contribution in [1.82, 2.24) is 15.3 Å². The van der Waals surface area contributed by atoms with Gasteiger partial charge in [-0.25, -0.2) is 4.98 Å². The van der Waals surface area contributed by atoms with Crippen LogP contribution in [0.2, 0.25) is 0 Å². The van der Waals surface area contributed by atoms with E-state index in [0.29, 0.717) is 11.1 Å². The first-order chi connectivity index (χ1) is 10.2. The number of rotatable bonds is 2. The molecule has 5 nitrogen and oxygen atoms in total. The third-order valence-corrected chi connectivity index (χ3v) is 4.97. The van der Waals surface area contributed by atoms with Crippen LogP contribution in [0, 0.1) is 5.41 Å². The molecule has 2 aromatic heterocycles. The summed E-state index contributed by atoms with van der Waals surface area (Å²) in [6.07, 6.45) is 7.64. The Morgan fingerprint density at radius 1 is 1.38 bits per heavy atom. The molecular weight excluding hydrogens is 266 g/mol. The van der Waals surface area contributed by atoms with Gasteiger partial charge in [-0.15, -0.1) is 0 Å². The molecule has 4 rings (SSSR count). The number of nitrogens with zero attached hydrogens (tertiary/aromatic N) is 1. The summed E-state index contributed by atoms with van der Waals surface area (Å²) in [5, 5.41) is 3.75. The molecule has 2 aromatic rings. The third-order valence-electron chi connectivity index (χ3n) is 4.97. The fourth-order valence-electron chi connectivity index (χ4n) is 3.64. The van der Waals surface area contributed by atoms with Crippen LogP contribution in [-0.2, 0) is 0 Å². The Morgan fingerprint density at radius 2 is 2.19 bits per heavy atom. The standard InChI is InChI=1S/C16H17N3O2/c20-14(18-11-8-16(9-11)4-2-5-16)12-7-10-3-1-6-17-13(10)19-15(12)21/h1,3,6-7,11H,2,4-5,8-9H2,(H,18,20)(H,17,19,21). The molecule has 1 spiro atoms. The van der Waals surface area contributed by atoms with E-state index >= 15 is 0 Å². The first kappa shape index (κ1) is 12.6. The number of carbonyl (C=O) groups is 1. The van der Waals surface area contributed by atoms with Crippen molar-refractivity contribution < 1.29 is 4.79 Å². The minimum absolute atomic E-state index is 0.171. The minimum atomic E-state index is -0.378. The summed E-state index contributed by atoms with van der Waals surface area (Å²) < 4.78 is 0. The highest BCUT2D eigenvalue weighted by Crippen LogP contribution is 2.55. The van der Waals surface area contributed by atoms with Gasteiger partial charge in [0.1, 0.15) is 11.2 Å². The van der Waals surface area contributed by atoms with Gasteiger partial charge in [0.25, 0.3) is 11.5 Å². The van der Waals surface area contributed by atoms with Crippen LogP contribution in [0.25, 0.3) is 11.0 Å². The minimum Gasteiger partial charge on any atom is -0.349 e. The number of fused-ring (bicyclic) bond motifs is 1. The van der Waals surface area contributed by atoms with E-state index in [1.807, 2.05) is 6.07 Å². The first-order valence-electron chi connectivity index (χ1n) is 7.44. The van der Waals surface area contributed by atoms with Crippen molar-refractivity contribution in [2.75, 3.05) is 0 Å². The predicted molar refractivity (Wildman–Crippen MR) is 79.1 cm³/mol. The van der Waals surface area contributed by atoms with Crippen LogP contribution >= 0.6 is 0 Å². The van der Waals surface area contributed by atoms with Gasteiger partial charge in [0.2, 0.25) is 0 Å². The Bertz CT molecular complexity index is 768. The van der Waals surface area contributed by atoms with E-state index in [0.717, 1.165) is 18.2 Å². The fourth-order valence-corrected chi connectivity index (χ4v) is 3.64. The maximum absolute atomic E-state index is 12.3. The molecule has 2 aliphatic carbocycles. The van der Waals surface area contributed by atoms with Gasteiger partial charge in [0.05, 0.1) is 0 Å². The summed E-state index contributed by atoms with van der Waals surface area (Å²) in [6.45, 7) is 0. The molecule has 0 aromatic carbocycles. The van der Waals surface area contributed by atoms with Crippen LogP contribution in [0.4, 0.5) is 0 Å². The topological polar surface area (TPSA) is 74.8 Å². The van der Waals surface area contributed by atoms with E-state index < -0.39 is 0 Å². The zero-order chi connectivity index (χ0) is 14.4. The lowest BCUT2D eigenvalue weighted by Gasteiger charge is -2.54. The first-order valence-corrected chi connectivity index (χ1v) is 7.44. The normalized spacial score (nSPS) is 20.0. The van der Waals surface area contributed by atoms with Gasteiger partial charge in [0, 0.05) is 17.6 Å². The molecule has 0 radical (unpaired) electrons. The third kappa shape index (κ3) is 2.04. The fraction of sp³-hybridized carbons (Fsp3) is 0.438. The van der Waals surface area contributed by atoms with Crippen LogP contribution in [0.1, 0.15) is 42.5 Å². The van der Waals surface area contributed by atoms with Crippen LogP contribution in [0.5, 0.6) is 0 Å². The highest BCUT2D eigenvalue weighted by atomic mass is 16.2. The number of aromatic amines is 1. The summed E-state index contributed by atoms with van der Waals surface area (Å²) in [5.74, 6) is -0.277. The number of hydrogen-bond acceptors (Lipinski definition) is 3. The van der Waals surface area contributed by atoms with Gasteiger partial charge < -0.3 is 10.3 Å². The molecule has 21 heavy (non-hydrogen) atoms. The lowest BCUT2D eigenvalue weighted by atomic mass is 9.54. The van der Waals surface area contributed by atoms with Crippen LogP contribution < -0.4 is 10.9 Å². The van der Waals surface area contributed by atoms with Gasteiger partial charge >= 0.3 is 0 Å². The molecule has 0 unspecified atom stereocenters. The summed E-state index contributed by atoms with van der Waals surface area (Å²) >= 11 is 0. The average Bonchev–Trinajstić information content (AvgIpc) is 2.39. The quantitative estimate of drug-likeness (QED) is 0.885. The molecule has 0 atom stereocenters. The van der Waals surface area contributed by atoms with E-state index in [4.69, 9.17) is 0 Å². The number of H-pyrrole nitrogens is 1. The number of aromatic nitrogens is 2. The van der Waals surface area contributed by atoms with Gasteiger partial charge in [0.15, 0.2) is 0 Å². The van der Waals surface area contributed by atoms with Gasteiger partial charge in [-0.3, -0.25) is 9.59 Å². The zero-order valence-corrected chi connectivity index (χ0v) is 11.7. The van der Waals surface area contributed by atoms with E-state index in [-0.39, 0.29) is 23.1 Å². The van der Waals surface area contributed by atoms with E-state index in [2.05, 4.69) is 15.3 Å². The van der Waals surface area contributed by atoms with Crippen molar-refractivity contribution in [3.05, 3.63) is 40.3 Å². The van der Waals surface area contributed by atoms with Crippen molar-refractivity contribution in [2.45, 2.75) is 38.1 Å². The second-order valence-corrected chi connectivity index (χ2v) is 6.39. The number of amides is 1. The highest BCUT2D eigenvalue weighted by Gasteiger charge is 2.48. The van der Waals surface area contributed by atoms with Crippen LogP contribution in [0.15, 0.2) is 29.2 Å². The Kier molecular flexibility index (Phi) is 2.64. The number of hydrogen-bond donors (Lipinski definition) is 2. The van der Waals surface area contributed by atoms with Gasteiger partial charge in [-0.1, -0.05) is 6.42 Å². The Hall–Kier alpha value is -2.17. The summed E-state index contributed by atoms with van der Waals surface area (Å²) in [6, 6.07) is 5.46. The van der Waals surface area contributed by atoms with Crippen molar-refractivity contribution in [3.63, 3.8) is 0 Å². The van der Waals surface area contributed by atoms with Crippen molar-refractivity contribution >= 4 is 16.9 Å².